The fraction of sp³-hybridized carbons (Fsp3) is 0.759. The largest absolute Gasteiger partial charge is 0.387 e. The predicted molar refractivity (Wildman–Crippen MR) is 141 cm³/mol. The van der Waals surface area contributed by atoms with Gasteiger partial charge in [-0.25, -0.2) is 0 Å². The number of carbonyl (C=O) groups is 2. The Hall–Kier alpha value is -2.15. The van der Waals surface area contributed by atoms with Gasteiger partial charge in [0.2, 0.25) is 5.91 Å². The highest BCUT2D eigenvalue weighted by Gasteiger charge is 2.49. The minimum Gasteiger partial charge on any atom is -0.387 e. The van der Waals surface area contributed by atoms with E-state index in [-0.39, 0.29) is 35.8 Å². The molecule has 2 saturated carbocycles. The van der Waals surface area contributed by atoms with Crippen LogP contribution in [0.1, 0.15) is 100 Å². The Morgan fingerprint density at radius 2 is 1.81 bits per heavy atom. The summed E-state index contributed by atoms with van der Waals surface area (Å²) in [5, 5.41) is 11.8. The van der Waals surface area contributed by atoms with Gasteiger partial charge in [-0.2, -0.15) is 0 Å². The normalized spacial score (nSPS) is 25.4. The smallest absolute Gasteiger partial charge is 0.255 e. The number of aromatic nitrogens is 1. The molecule has 1 aromatic rings. The van der Waals surface area contributed by atoms with E-state index in [0.717, 1.165) is 24.8 Å². The van der Waals surface area contributed by atoms with Crippen LogP contribution >= 0.6 is 0 Å². The standard InChI is InChI=1S/C29H45N3O4/c1-20(15-21-9-7-6-8-10-21)26(34)31-14-13-29(36,28(2,3)18-31)19-32-17-24(27(35)30(4)5)23(16-25(32)33)22-11-12-22/h16-17,20-22,36H,6-15,18-19H2,1-5H3/t20?,29-/m1/s1. The van der Waals surface area contributed by atoms with Gasteiger partial charge >= 0.3 is 0 Å². The van der Waals surface area contributed by atoms with Gasteiger partial charge in [-0.1, -0.05) is 52.9 Å². The van der Waals surface area contributed by atoms with Crippen LogP contribution in [0.15, 0.2) is 17.1 Å². The number of amides is 2. The molecular formula is C29H45N3O4. The van der Waals surface area contributed by atoms with Gasteiger partial charge in [-0.05, 0) is 43.1 Å². The number of rotatable bonds is 7. The van der Waals surface area contributed by atoms with Crippen molar-refractivity contribution >= 4 is 11.8 Å². The Kier molecular flexibility index (Phi) is 7.70. The zero-order valence-corrected chi connectivity index (χ0v) is 22.9. The molecule has 1 aliphatic heterocycles. The van der Waals surface area contributed by atoms with Crippen molar-refractivity contribution < 1.29 is 14.7 Å². The number of pyridine rings is 1. The Labute approximate surface area is 215 Å². The van der Waals surface area contributed by atoms with E-state index >= 15 is 0 Å². The molecular weight excluding hydrogens is 454 g/mol. The van der Waals surface area contributed by atoms with Gasteiger partial charge in [0.25, 0.3) is 11.5 Å². The second kappa shape index (κ2) is 10.3. The molecule has 0 aromatic carbocycles. The molecule has 36 heavy (non-hydrogen) atoms. The molecule has 2 atom stereocenters. The van der Waals surface area contributed by atoms with Crippen molar-refractivity contribution in [1.29, 1.82) is 0 Å². The maximum atomic E-state index is 13.3. The highest BCUT2D eigenvalue weighted by molar-refractivity contribution is 5.95. The number of hydrogen-bond donors (Lipinski definition) is 1. The van der Waals surface area contributed by atoms with Gasteiger partial charge in [0.1, 0.15) is 0 Å². The minimum atomic E-state index is -1.17. The first-order valence-corrected chi connectivity index (χ1v) is 13.9. The van der Waals surface area contributed by atoms with Crippen molar-refractivity contribution in [3.05, 3.63) is 33.7 Å². The molecule has 1 aromatic heterocycles. The molecule has 200 valence electrons. The monoisotopic (exact) mass is 499 g/mol. The van der Waals surface area contributed by atoms with E-state index in [2.05, 4.69) is 6.92 Å². The average Bonchev–Trinajstić information content (AvgIpc) is 3.67. The Bertz CT molecular complexity index is 1040. The lowest BCUT2D eigenvalue weighted by Gasteiger charge is -2.51. The first-order chi connectivity index (χ1) is 16.9. The van der Waals surface area contributed by atoms with Gasteiger partial charge in [-0.3, -0.25) is 14.4 Å². The van der Waals surface area contributed by atoms with E-state index in [1.165, 1.54) is 41.6 Å². The second-order valence-electron chi connectivity index (χ2n) is 12.6. The molecule has 2 amide bonds. The lowest BCUT2D eigenvalue weighted by molar-refractivity contribution is -0.157. The first kappa shape index (κ1) is 26.9. The zero-order chi connectivity index (χ0) is 26.3. The first-order valence-electron chi connectivity index (χ1n) is 13.9. The maximum Gasteiger partial charge on any atom is 0.255 e. The quantitative estimate of drug-likeness (QED) is 0.614. The molecule has 1 N–H and O–H groups in total. The molecule has 1 saturated heterocycles. The molecule has 4 rings (SSSR count). The van der Waals surface area contributed by atoms with E-state index in [1.54, 1.807) is 26.4 Å². The summed E-state index contributed by atoms with van der Waals surface area (Å²) in [6, 6.07) is 1.59. The molecule has 2 aliphatic carbocycles. The van der Waals surface area contributed by atoms with Crippen LogP contribution in [0.2, 0.25) is 0 Å². The summed E-state index contributed by atoms with van der Waals surface area (Å²) >= 11 is 0. The summed E-state index contributed by atoms with van der Waals surface area (Å²) in [7, 11) is 3.43. The second-order valence-corrected chi connectivity index (χ2v) is 12.6. The minimum absolute atomic E-state index is 0.00714. The Morgan fingerprint density at radius 3 is 2.39 bits per heavy atom. The van der Waals surface area contributed by atoms with E-state index in [1.807, 2.05) is 18.7 Å². The van der Waals surface area contributed by atoms with Crippen LogP contribution in [0.25, 0.3) is 0 Å². The summed E-state index contributed by atoms with van der Waals surface area (Å²) in [6.07, 6.45) is 11.3. The lowest BCUT2D eigenvalue weighted by atomic mass is 9.69. The molecule has 2 heterocycles. The van der Waals surface area contributed by atoms with Crippen LogP contribution < -0.4 is 5.56 Å². The summed E-state index contributed by atoms with van der Waals surface area (Å²) in [6.45, 7) is 7.05. The van der Waals surface area contributed by atoms with E-state index in [4.69, 9.17) is 0 Å². The van der Waals surface area contributed by atoms with Crippen LogP contribution in [0.4, 0.5) is 0 Å². The van der Waals surface area contributed by atoms with E-state index in [0.29, 0.717) is 31.0 Å². The van der Waals surface area contributed by atoms with Crippen molar-refractivity contribution in [2.24, 2.45) is 17.3 Å². The van der Waals surface area contributed by atoms with Crippen molar-refractivity contribution in [3.63, 3.8) is 0 Å². The molecule has 3 aliphatic rings. The summed E-state index contributed by atoms with van der Waals surface area (Å²) in [4.78, 5) is 42.7. The maximum absolute atomic E-state index is 13.3. The van der Waals surface area contributed by atoms with Crippen molar-refractivity contribution in [2.75, 3.05) is 27.2 Å². The van der Waals surface area contributed by atoms with Crippen LogP contribution in [0, 0.1) is 17.3 Å². The van der Waals surface area contributed by atoms with Crippen LogP contribution in [-0.2, 0) is 11.3 Å². The van der Waals surface area contributed by atoms with Gasteiger partial charge in [0, 0.05) is 50.8 Å². The topological polar surface area (TPSA) is 82.8 Å². The fourth-order valence-corrected chi connectivity index (χ4v) is 6.32. The fourth-order valence-electron chi connectivity index (χ4n) is 6.32. The van der Waals surface area contributed by atoms with Gasteiger partial charge in [0.05, 0.1) is 17.7 Å². The predicted octanol–water partition coefficient (Wildman–Crippen LogP) is 4.02. The van der Waals surface area contributed by atoms with Gasteiger partial charge in [-0.15, -0.1) is 0 Å². The summed E-state index contributed by atoms with van der Waals surface area (Å²) in [5.74, 6) is 0.977. The number of carbonyl (C=O) groups excluding carboxylic acids is 2. The molecule has 0 radical (unpaired) electrons. The highest BCUT2D eigenvalue weighted by atomic mass is 16.3. The van der Waals surface area contributed by atoms with Crippen molar-refractivity contribution in [3.8, 4) is 0 Å². The molecule has 7 heteroatoms. The Balaban J connectivity index is 1.49. The number of hydrogen-bond acceptors (Lipinski definition) is 4. The summed E-state index contributed by atoms with van der Waals surface area (Å²) in [5.41, 5.74) is -0.580. The average molecular weight is 500 g/mol. The molecule has 1 unspecified atom stereocenters. The number of likely N-dealkylation sites (tertiary alicyclic amines) is 1. The van der Waals surface area contributed by atoms with E-state index < -0.39 is 11.0 Å². The third-order valence-corrected chi connectivity index (χ3v) is 9.03. The number of piperidine rings is 1. The zero-order valence-electron chi connectivity index (χ0n) is 22.9. The Morgan fingerprint density at radius 1 is 1.14 bits per heavy atom. The molecule has 3 fully saturated rings. The third kappa shape index (κ3) is 5.56. The highest BCUT2D eigenvalue weighted by Crippen LogP contribution is 2.43. The third-order valence-electron chi connectivity index (χ3n) is 9.03. The number of nitrogens with zero attached hydrogens (tertiary/aromatic N) is 3. The molecule has 0 bridgehead atoms. The van der Waals surface area contributed by atoms with Gasteiger partial charge in [0.15, 0.2) is 0 Å². The molecule has 0 spiro atoms. The summed E-state index contributed by atoms with van der Waals surface area (Å²) < 4.78 is 1.51. The number of aliphatic hydroxyl groups is 1. The SMILES string of the molecule is CC(CC1CCCCC1)C(=O)N1CC[C@@](O)(Cn2cc(C(=O)N(C)C)c(C3CC3)cc2=O)C(C)(C)C1. The molecule has 7 nitrogen and oxygen atoms in total. The van der Waals surface area contributed by atoms with E-state index in [9.17, 15) is 19.5 Å². The van der Waals surface area contributed by atoms with Crippen molar-refractivity contribution in [1.82, 2.24) is 14.4 Å². The van der Waals surface area contributed by atoms with Crippen molar-refractivity contribution in [2.45, 2.75) is 96.6 Å². The van der Waals surface area contributed by atoms with Crippen LogP contribution in [-0.4, -0.2) is 64.1 Å². The van der Waals surface area contributed by atoms with Crippen LogP contribution in [0.3, 0.4) is 0 Å². The van der Waals surface area contributed by atoms with Gasteiger partial charge < -0.3 is 19.5 Å². The lowest BCUT2D eigenvalue weighted by Crippen LogP contribution is -2.61. The van der Waals surface area contributed by atoms with Crippen LogP contribution in [0.5, 0.6) is 0 Å².